The second kappa shape index (κ2) is 14.0. The Balaban J connectivity index is 0. The van der Waals surface area contributed by atoms with Gasteiger partial charge in [0.05, 0.1) is 6.10 Å². The van der Waals surface area contributed by atoms with Crippen LogP contribution in [0.5, 0.6) is 0 Å². The molecule has 0 fully saturated rings. The second-order valence-electron chi connectivity index (χ2n) is 2.68. The van der Waals surface area contributed by atoms with Crippen LogP contribution >= 0.6 is 0 Å². The predicted molar refractivity (Wildman–Crippen MR) is 43.3 cm³/mol. The van der Waals surface area contributed by atoms with E-state index in [0.717, 1.165) is 19.3 Å². The van der Waals surface area contributed by atoms with Crippen LogP contribution in [0.2, 0.25) is 0 Å². The summed E-state index contributed by atoms with van der Waals surface area (Å²) in [5, 5.41) is 9.18. The van der Waals surface area contributed by atoms with E-state index in [9.17, 15) is 5.11 Å². The minimum absolute atomic E-state index is 0.0325. The van der Waals surface area contributed by atoms with Gasteiger partial charge in [0.1, 0.15) is 0 Å². The van der Waals surface area contributed by atoms with E-state index in [0.29, 0.717) is 0 Å². The van der Waals surface area contributed by atoms with Crippen LogP contribution in [0.3, 0.4) is 0 Å². The van der Waals surface area contributed by atoms with E-state index >= 15 is 0 Å². The van der Waals surface area contributed by atoms with Crippen LogP contribution in [0.4, 0.5) is 0 Å². The number of hydrogen-bond acceptors (Lipinski definition) is 2. The van der Waals surface area contributed by atoms with Gasteiger partial charge in [0.25, 0.3) is 0 Å². The van der Waals surface area contributed by atoms with Crippen molar-refractivity contribution in [2.75, 3.05) is 0 Å². The van der Waals surface area contributed by atoms with Crippen LogP contribution in [0.25, 0.3) is 0 Å². The average molecular weight is 211 g/mol. The minimum atomic E-state index is -1.75. The number of aliphatic hydroxyl groups excluding tert-OH is 1. The van der Waals surface area contributed by atoms with Crippen LogP contribution in [0, 0.1) is 0 Å². The molecule has 0 spiro atoms. The first-order valence-electron chi connectivity index (χ1n) is 4.42. The quantitative estimate of drug-likeness (QED) is 0.680. The molecule has 0 saturated heterocycles. The topological polar surface area (TPSA) is 57.5 Å². The molecule has 1 atom stereocenters. The number of rotatable bonds is 5. The van der Waals surface area contributed by atoms with E-state index in [4.69, 9.17) is 7.01 Å². The van der Waals surface area contributed by atoms with Crippen LogP contribution in [0.15, 0.2) is 0 Å². The Morgan fingerprint density at radius 1 is 1.25 bits per heavy atom. The van der Waals surface area contributed by atoms with Gasteiger partial charge in [-0.15, -0.1) is 0 Å². The molecule has 0 bridgehead atoms. The molecule has 0 aromatic carbocycles. The molecule has 0 heterocycles. The molecule has 0 aromatic heterocycles. The first-order valence-corrected chi connectivity index (χ1v) is 5.75. The molecular formula is C8H19O3Ti. The maximum absolute atomic E-state index is 9.18. The van der Waals surface area contributed by atoms with E-state index in [1.54, 1.807) is 0 Å². The SMILES string of the molecule is CCCCC(O)CCC.[O]=[Ti][OH]. The van der Waals surface area contributed by atoms with Crippen molar-refractivity contribution < 1.29 is 31.6 Å². The third kappa shape index (κ3) is 16.8. The summed E-state index contributed by atoms with van der Waals surface area (Å²) in [4.78, 5) is 0. The summed E-state index contributed by atoms with van der Waals surface area (Å²) in [5.74, 6) is 0. The van der Waals surface area contributed by atoms with Crippen LogP contribution in [-0.4, -0.2) is 14.9 Å². The van der Waals surface area contributed by atoms with Crippen molar-refractivity contribution in [3.05, 3.63) is 0 Å². The van der Waals surface area contributed by atoms with Gasteiger partial charge in [-0.2, -0.15) is 0 Å². The summed E-state index contributed by atoms with van der Waals surface area (Å²) in [7, 11) is 0. The zero-order valence-corrected chi connectivity index (χ0v) is 9.48. The van der Waals surface area contributed by atoms with Crippen molar-refractivity contribution in [2.45, 2.75) is 52.1 Å². The van der Waals surface area contributed by atoms with E-state index in [1.165, 1.54) is 12.8 Å². The molecule has 0 aliphatic heterocycles. The van der Waals surface area contributed by atoms with E-state index in [-0.39, 0.29) is 6.10 Å². The molecule has 12 heavy (non-hydrogen) atoms. The molecule has 2 N–H and O–H groups in total. The van der Waals surface area contributed by atoms with Gasteiger partial charge in [-0.05, 0) is 12.8 Å². The first kappa shape index (κ1) is 14.9. The third-order valence-corrected chi connectivity index (χ3v) is 1.51. The molecule has 0 amide bonds. The predicted octanol–water partition coefficient (Wildman–Crippen LogP) is 1.66. The fourth-order valence-electron chi connectivity index (χ4n) is 0.917. The van der Waals surface area contributed by atoms with E-state index in [1.807, 2.05) is 0 Å². The van der Waals surface area contributed by atoms with Crippen molar-refractivity contribution in [1.82, 2.24) is 0 Å². The van der Waals surface area contributed by atoms with Crippen molar-refractivity contribution in [2.24, 2.45) is 0 Å². The molecule has 0 rings (SSSR count). The van der Waals surface area contributed by atoms with Crippen molar-refractivity contribution >= 4 is 0 Å². The Kier molecular flexibility index (Phi) is 17.4. The summed E-state index contributed by atoms with van der Waals surface area (Å²) < 4.78 is 15.8. The zero-order valence-electron chi connectivity index (χ0n) is 7.92. The fourth-order valence-corrected chi connectivity index (χ4v) is 0.917. The summed E-state index contributed by atoms with van der Waals surface area (Å²) in [6.07, 6.45) is 5.40. The molecule has 4 heteroatoms. The van der Waals surface area contributed by atoms with Gasteiger partial charge in [-0.3, -0.25) is 0 Å². The average Bonchev–Trinajstić information content (AvgIpc) is 2.03. The Hall–Kier alpha value is 0.434. The van der Waals surface area contributed by atoms with E-state index in [2.05, 4.69) is 13.8 Å². The molecule has 73 valence electrons. The summed E-state index contributed by atoms with van der Waals surface area (Å²) in [6, 6.07) is 0. The van der Waals surface area contributed by atoms with Gasteiger partial charge in [0.2, 0.25) is 0 Å². The number of aliphatic hydroxyl groups is 1. The molecule has 3 nitrogen and oxygen atoms in total. The molecule has 1 unspecified atom stereocenters. The number of hydrogen-bond donors (Lipinski definition) is 2. The van der Waals surface area contributed by atoms with Crippen molar-refractivity contribution in [3.8, 4) is 0 Å². The fraction of sp³-hybridized carbons (Fsp3) is 1.00. The normalized spacial score (nSPS) is 11.0. The van der Waals surface area contributed by atoms with Gasteiger partial charge < -0.3 is 5.11 Å². The summed E-state index contributed by atoms with van der Waals surface area (Å²) >= 11 is -1.75. The van der Waals surface area contributed by atoms with Crippen LogP contribution in [0.1, 0.15) is 46.0 Å². The monoisotopic (exact) mass is 211 g/mol. The number of unbranched alkanes of at least 4 members (excludes halogenated alkanes) is 1. The van der Waals surface area contributed by atoms with E-state index < -0.39 is 19.5 Å². The standard InChI is InChI=1S/C8H18O.H2O.O.Ti/c1-3-5-7-8(9)6-4-2;;;/h8-9H,3-7H2,1-2H3;1H2;;/q;;;+1/p-1. The Morgan fingerprint density at radius 2 is 1.75 bits per heavy atom. The third-order valence-electron chi connectivity index (χ3n) is 1.51. The van der Waals surface area contributed by atoms with Crippen LogP contribution in [-0.2, 0) is 22.8 Å². The summed E-state index contributed by atoms with van der Waals surface area (Å²) in [5.41, 5.74) is 0. The Bertz CT molecular complexity index is 88.4. The van der Waals surface area contributed by atoms with Crippen molar-refractivity contribution in [1.29, 1.82) is 0 Å². The summed E-state index contributed by atoms with van der Waals surface area (Å²) in [6.45, 7) is 4.26. The molecule has 0 aromatic rings. The van der Waals surface area contributed by atoms with Crippen molar-refractivity contribution in [3.63, 3.8) is 0 Å². The van der Waals surface area contributed by atoms with Gasteiger partial charge in [-0.1, -0.05) is 33.1 Å². The molecular weight excluding hydrogens is 192 g/mol. The molecule has 0 radical (unpaired) electrons. The second-order valence-corrected chi connectivity index (χ2v) is 2.96. The van der Waals surface area contributed by atoms with Gasteiger partial charge in [0.15, 0.2) is 0 Å². The first-order chi connectivity index (χ1) is 5.72. The van der Waals surface area contributed by atoms with Gasteiger partial charge in [0, 0.05) is 0 Å². The molecule has 0 aliphatic carbocycles. The Labute approximate surface area is 83.9 Å². The maximum atomic E-state index is 9.18. The zero-order chi connectivity index (χ0) is 9.82. The van der Waals surface area contributed by atoms with Gasteiger partial charge in [-0.25, -0.2) is 0 Å². The molecule has 0 saturated carbocycles. The van der Waals surface area contributed by atoms with Gasteiger partial charge >= 0.3 is 26.5 Å². The molecule has 0 aliphatic rings. The van der Waals surface area contributed by atoms with Crippen LogP contribution < -0.4 is 0 Å². The Morgan fingerprint density at radius 3 is 2.08 bits per heavy atom.